The molecular formula is C18H37NOSi. The number of hydrogen-bond donors (Lipinski definition) is 1. The molecule has 1 heterocycles. The van der Waals surface area contributed by atoms with Gasteiger partial charge in [-0.05, 0) is 31.5 Å². The topological polar surface area (TPSA) is 21.3 Å². The van der Waals surface area contributed by atoms with Crippen LogP contribution in [0, 0.1) is 0 Å². The van der Waals surface area contributed by atoms with Crippen LogP contribution in [0.15, 0.2) is 11.6 Å². The Balaban J connectivity index is 2.37. The van der Waals surface area contributed by atoms with Crippen molar-refractivity contribution in [3.8, 4) is 0 Å². The van der Waals surface area contributed by atoms with E-state index in [9.17, 15) is 0 Å². The van der Waals surface area contributed by atoms with Crippen molar-refractivity contribution in [2.45, 2.75) is 96.9 Å². The van der Waals surface area contributed by atoms with Gasteiger partial charge >= 0.3 is 0 Å². The highest BCUT2D eigenvalue weighted by Crippen LogP contribution is 2.36. The highest BCUT2D eigenvalue weighted by atomic mass is 28.4. The van der Waals surface area contributed by atoms with E-state index in [2.05, 4.69) is 59.1 Å². The summed E-state index contributed by atoms with van der Waals surface area (Å²) in [5.41, 5.74) is 1.47. The lowest BCUT2D eigenvalue weighted by molar-refractivity contribution is 0.257. The Morgan fingerprint density at radius 3 is 2.43 bits per heavy atom. The summed E-state index contributed by atoms with van der Waals surface area (Å²) in [6.07, 6.45) is 9.08. The van der Waals surface area contributed by atoms with Crippen molar-refractivity contribution in [3.05, 3.63) is 11.6 Å². The van der Waals surface area contributed by atoms with E-state index in [4.69, 9.17) is 4.43 Å². The van der Waals surface area contributed by atoms with Crippen LogP contribution in [0.25, 0.3) is 0 Å². The van der Waals surface area contributed by atoms with E-state index in [0.717, 1.165) is 6.61 Å². The van der Waals surface area contributed by atoms with Crippen molar-refractivity contribution < 1.29 is 4.43 Å². The van der Waals surface area contributed by atoms with Gasteiger partial charge in [0.05, 0.1) is 12.6 Å². The summed E-state index contributed by atoms with van der Waals surface area (Å²) in [4.78, 5) is 0. The van der Waals surface area contributed by atoms with E-state index in [1.807, 2.05) is 0 Å². The van der Waals surface area contributed by atoms with Gasteiger partial charge in [-0.15, -0.1) is 0 Å². The summed E-state index contributed by atoms with van der Waals surface area (Å²) in [5.74, 6) is 0. The molecule has 21 heavy (non-hydrogen) atoms. The molecule has 0 aromatic rings. The van der Waals surface area contributed by atoms with Crippen molar-refractivity contribution >= 4 is 8.32 Å². The van der Waals surface area contributed by atoms with Crippen molar-refractivity contribution in [1.82, 2.24) is 5.32 Å². The first kappa shape index (κ1) is 18.9. The molecule has 1 rings (SSSR count). The minimum Gasteiger partial charge on any atom is -0.415 e. The lowest BCUT2D eigenvalue weighted by Crippen LogP contribution is -2.45. The standard InChI is InChI=1S/C18H37NOSi/c1-8-9-10-11-12-16-13-15(2)17(19-16)14-20-21(6,7)18(3,4)5/h13,16-17,19H,8-12,14H2,1-7H3. The summed E-state index contributed by atoms with van der Waals surface area (Å²) in [5, 5.41) is 4.04. The molecule has 0 radical (unpaired) electrons. The number of hydrogen-bond acceptors (Lipinski definition) is 2. The van der Waals surface area contributed by atoms with Gasteiger partial charge in [-0.1, -0.05) is 65.0 Å². The summed E-state index contributed by atoms with van der Waals surface area (Å²) in [6.45, 7) is 16.9. The lowest BCUT2D eigenvalue weighted by Gasteiger charge is -2.37. The van der Waals surface area contributed by atoms with Crippen LogP contribution >= 0.6 is 0 Å². The smallest absolute Gasteiger partial charge is 0.192 e. The average molecular weight is 312 g/mol. The van der Waals surface area contributed by atoms with Crippen LogP contribution < -0.4 is 5.32 Å². The number of rotatable bonds is 8. The zero-order valence-corrected chi connectivity index (χ0v) is 16.4. The highest BCUT2D eigenvalue weighted by Gasteiger charge is 2.38. The molecule has 2 atom stereocenters. The van der Waals surface area contributed by atoms with Crippen LogP contribution in [0.2, 0.25) is 18.1 Å². The minimum absolute atomic E-state index is 0.294. The monoisotopic (exact) mass is 311 g/mol. The van der Waals surface area contributed by atoms with Crippen LogP contribution in [-0.4, -0.2) is 27.0 Å². The summed E-state index contributed by atoms with van der Waals surface area (Å²) in [7, 11) is -1.63. The quantitative estimate of drug-likeness (QED) is 0.375. The van der Waals surface area contributed by atoms with Crippen LogP contribution in [0.3, 0.4) is 0 Å². The van der Waals surface area contributed by atoms with Crippen LogP contribution in [0.4, 0.5) is 0 Å². The Labute approximate surface area is 133 Å². The van der Waals surface area contributed by atoms with Gasteiger partial charge in [0.2, 0.25) is 0 Å². The Morgan fingerprint density at radius 2 is 1.86 bits per heavy atom. The first-order chi connectivity index (χ1) is 9.67. The third-order valence-electron chi connectivity index (χ3n) is 5.21. The Hall–Kier alpha value is -0.123. The van der Waals surface area contributed by atoms with Gasteiger partial charge in [-0.3, -0.25) is 0 Å². The van der Waals surface area contributed by atoms with Crippen LogP contribution in [0.5, 0.6) is 0 Å². The van der Waals surface area contributed by atoms with Gasteiger partial charge in [0, 0.05) is 6.04 Å². The molecule has 2 nitrogen and oxygen atoms in total. The molecule has 0 spiro atoms. The molecule has 0 saturated carbocycles. The fourth-order valence-corrected chi connectivity index (χ4v) is 3.53. The van der Waals surface area contributed by atoms with Crippen LogP contribution in [0.1, 0.15) is 66.7 Å². The second-order valence-corrected chi connectivity index (χ2v) is 13.0. The molecule has 1 aliphatic heterocycles. The maximum atomic E-state index is 6.38. The summed E-state index contributed by atoms with van der Waals surface area (Å²) in [6, 6.07) is 0.991. The third-order valence-corrected chi connectivity index (χ3v) is 9.72. The fourth-order valence-electron chi connectivity index (χ4n) is 2.52. The molecule has 1 aliphatic rings. The molecule has 0 aromatic heterocycles. The summed E-state index contributed by atoms with van der Waals surface area (Å²) < 4.78 is 6.38. The largest absolute Gasteiger partial charge is 0.415 e. The van der Waals surface area contributed by atoms with E-state index < -0.39 is 8.32 Å². The first-order valence-corrected chi connectivity index (χ1v) is 11.7. The SMILES string of the molecule is CCCCCCC1C=C(C)C(CO[Si](C)(C)C(C)(C)C)N1. The normalized spacial score (nSPS) is 23.5. The maximum absolute atomic E-state index is 6.38. The molecule has 0 fully saturated rings. The zero-order valence-electron chi connectivity index (χ0n) is 15.4. The fraction of sp³-hybridized carbons (Fsp3) is 0.889. The average Bonchev–Trinajstić information content (AvgIpc) is 2.72. The van der Waals surface area contributed by atoms with Gasteiger partial charge in [0.15, 0.2) is 8.32 Å². The lowest BCUT2D eigenvalue weighted by atomic mass is 10.1. The molecule has 3 heteroatoms. The predicted octanol–water partition coefficient (Wildman–Crippen LogP) is 5.27. The minimum atomic E-state index is -1.63. The van der Waals surface area contributed by atoms with E-state index in [1.54, 1.807) is 0 Å². The molecule has 0 aromatic carbocycles. The van der Waals surface area contributed by atoms with E-state index in [0.29, 0.717) is 17.1 Å². The molecular weight excluding hydrogens is 274 g/mol. The van der Waals surface area contributed by atoms with Gasteiger partial charge in [0.25, 0.3) is 0 Å². The van der Waals surface area contributed by atoms with Crippen molar-refractivity contribution in [2.24, 2.45) is 0 Å². The molecule has 0 bridgehead atoms. The molecule has 0 aliphatic carbocycles. The Bertz CT molecular complexity index is 344. The van der Waals surface area contributed by atoms with Crippen LogP contribution in [-0.2, 0) is 4.43 Å². The number of nitrogens with one attached hydrogen (secondary N) is 1. The summed E-state index contributed by atoms with van der Waals surface area (Å²) >= 11 is 0. The molecule has 0 amide bonds. The van der Waals surface area contributed by atoms with Crippen molar-refractivity contribution in [3.63, 3.8) is 0 Å². The highest BCUT2D eigenvalue weighted by molar-refractivity contribution is 6.74. The molecule has 124 valence electrons. The Kier molecular flexibility index (Phi) is 7.15. The van der Waals surface area contributed by atoms with E-state index >= 15 is 0 Å². The van der Waals surface area contributed by atoms with Gasteiger partial charge < -0.3 is 9.74 Å². The second kappa shape index (κ2) is 7.93. The molecule has 2 unspecified atom stereocenters. The third kappa shape index (κ3) is 5.88. The number of unbranched alkanes of at least 4 members (excludes halogenated alkanes) is 3. The van der Waals surface area contributed by atoms with Crippen molar-refractivity contribution in [1.29, 1.82) is 0 Å². The van der Waals surface area contributed by atoms with Gasteiger partial charge in [-0.25, -0.2) is 0 Å². The predicted molar refractivity (Wildman–Crippen MR) is 96.4 cm³/mol. The zero-order chi connectivity index (χ0) is 16.1. The van der Waals surface area contributed by atoms with E-state index in [1.165, 1.54) is 37.7 Å². The molecule has 1 N–H and O–H groups in total. The van der Waals surface area contributed by atoms with Gasteiger partial charge in [-0.2, -0.15) is 0 Å². The second-order valence-electron chi connectivity index (χ2n) is 8.16. The van der Waals surface area contributed by atoms with Crippen molar-refractivity contribution in [2.75, 3.05) is 6.61 Å². The van der Waals surface area contributed by atoms with Gasteiger partial charge in [0.1, 0.15) is 0 Å². The maximum Gasteiger partial charge on any atom is 0.192 e. The Morgan fingerprint density at radius 1 is 1.19 bits per heavy atom. The molecule has 0 saturated heterocycles. The first-order valence-electron chi connectivity index (χ1n) is 8.75. The van der Waals surface area contributed by atoms with E-state index in [-0.39, 0.29) is 0 Å².